The average Bonchev–Trinajstić information content (AvgIpc) is 2.84. The first-order valence-electron chi connectivity index (χ1n) is 10.2. The summed E-state index contributed by atoms with van der Waals surface area (Å²) in [7, 11) is -3.90. The zero-order chi connectivity index (χ0) is 23.0. The van der Waals surface area contributed by atoms with Crippen LogP contribution in [0.4, 0.5) is 5.69 Å². The van der Waals surface area contributed by atoms with Crippen molar-refractivity contribution in [1.82, 2.24) is 0 Å². The van der Waals surface area contributed by atoms with E-state index in [2.05, 4.69) is 4.72 Å². The second-order valence-corrected chi connectivity index (χ2v) is 9.19. The maximum Gasteiger partial charge on any atom is 0.335 e. The Kier molecular flexibility index (Phi) is 5.14. The standard InChI is InChI=1S/C25H19NO6S/c27-25(28)17-5-3-4-16(14-17)19-9-10-22(21-7-2-1-6-20(19)21)26-33(29,30)18-8-11-23-24(15-18)32-13-12-31-23/h1-11,14-15,26H,12-13H2,(H,27,28). The normalized spacial score (nSPS) is 13.0. The van der Waals surface area contributed by atoms with Crippen molar-refractivity contribution in [2.75, 3.05) is 17.9 Å². The number of benzene rings is 4. The van der Waals surface area contributed by atoms with Gasteiger partial charge >= 0.3 is 5.97 Å². The highest BCUT2D eigenvalue weighted by molar-refractivity contribution is 7.92. The molecule has 4 aromatic rings. The molecule has 0 unspecified atom stereocenters. The Hall–Kier alpha value is -4.04. The van der Waals surface area contributed by atoms with Gasteiger partial charge in [-0.3, -0.25) is 4.72 Å². The number of rotatable bonds is 5. The highest BCUT2D eigenvalue weighted by Crippen LogP contribution is 2.36. The van der Waals surface area contributed by atoms with E-state index in [4.69, 9.17) is 9.47 Å². The molecule has 166 valence electrons. The van der Waals surface area contributed by atoms with E-state index in [0.717, 1.165) is 16.5 Å². The second-order valence-electron chi connectivity index (χ2n) is 7.50. The van der Waals surface area contributed by atoms with E-state index in [1.807, 2.05) is 30.3 Å². The molecule has 0 atom stereocenters. The molecule has 1 heterocycles. The summed E-state index contributed by atoms with van der Waals surface area (Å²) >= 11 is 0. The van der Waals surface area contributed by atoms with Gasteiger partial charge in [0.25, 0.3) is 10.0 Å². The van der Waals surface area contributed by atoms with Crippen LogP contribution in [-0.4, -0.2) is 32.7 Å². The Balaban J connectivity index is 1.56. The number of carbonyl (C=O) groups is 1. The number of aromatic carboxylic acids is 1. The number of ether oxygens (including phenoxy) is 2. The Bertz CT molecular complexity index is 1500. The molecule has 0 saturated carbocycles. The first kappa shape index (κ1) is 20.8. The minimum Gasteiger partial charge on any atom is -0.486 e. The molecule has 33 heavy (non-hydrogen) atoms. The van der Waals surface area contributed by atoms with Crippen molar-refractivity contribution >= 4 is 32.5 Å². The van der Waals surface area contributed by atoms with Gasteiger partial charge in [0.15, 0.2) is 11.5 Å². The van der Waals surface area contributed by atoms with E-state index in [9.17, 15) is 18.3 Å². The molecule has 7 nitrogen and oxygen atoms in total. The van der Waals surface area contributed by atoms with Crippen LogP contribution in [0.15, 0.2) is 83.8 Å². The summed E-state index contributed by atoms with van der Waals surface area (Å²) in [5.74, 6) is -0.105. The number of hydrogen-bond acceptors (Lipinski definition) is 5. The molecule has 5 rings (SSSR count). The lowest BCUT2D eigenvalue weighted by Gasteiger charge is -2.19. The number of fused-ring (bicyclic) bond motifs is 2. The van der Waals surface area contributed by atoms with Crippen LogP contribution < -0.4 is 14.2 Å². The summed E-state index contributed by atoms with van der Waals surface area (Å²) in [5.41, 5.74) is 2.13. The monoisotopic (exact) mass is 461 g/mol. The fourth-order valence-corrected chi connectivity index (χ4v) is 4.95. The SMILES string of the molecule is O=C(O)c1cccc(-c2ccc(NS(=O)(=O)c3ccc4c(c3)OCCO4)c3ccccc23)c1. The van der Waals surface area contributed by atoms with E-state index >= 15 is 0 Å². The van der Waals surface area contributed by atoms with Crippen LogP contribution in [0.3, 0.4) is 0 Å². The lowest BCUT2D eigenvalue weighted by atomic mass is 9.96. The lowest BCUT2D eigenvalue weighted by molar-refractivity contribution is 0.0697. The Morgan fingerprint density at radius 3 is 2.36 bits per heavy atom. The topological polar surface area (TPSA) is 102 Å². The van der Waals surface area contributed by atoms with Crippen LogP contribution in [0.25, 0.3) is 21.9 Å². The van der Waals surface area contributed by atoms with Gasteiger partial charge in [-0.1, -0.05) is 42.5 Å². The summed E-state index contributed by atoms with van der Waals surface area (Å²) in [5, 5.41) is 10.8. The van der Waals surface area contributed by atoms with E-state index in [0.29, 0.717) is 35.8 Å². The summed E-state index contributed by atoms with van der Waals surface area (Å²) in [6.45, 7) is 0.782. The lowest BCUT2D eigenvalue weighted by Crippen LogP contribution is -2.17. The summed E-state index contributed by atoms with van der Waals surface area (Å²) in [4.78, 5) is 11.5. The highest BCUT2D eigenvalue weighted by Gasteiger charge is 2.21. The zero-order valence-electron chi connectivity index (χ0n) is 17.3. The van der Waals surface area contributed by atoms with Crippen LogP contribution in [0, 0.1) is 0 Å². The first-order chi connectivity index (χ1) is 15.9. The number of hydrogen-bond donors (Lipinski definition) is 2. The number of carboxylic acid groups (broad SMARTS) is 1. The van der Waals surface area contributed by atoms with Crippen LogP contribution in [-0.2, 0) is 10.0 Å². The van der Waals surface area contributed by atoms with Crippen molar-refractivity contribution in [3.63, 3.8) is 0 Å². The molecular weight excluding hydrogens is 442 g/mol. The van der Waals surface area contributed by atoms with Crippen LogP contribution in [0.1, 0.15) is 10.4 Å². The Labute approximate surface area is 190 Å². The number of carboxylic acids is 1. The van der Waals surface area contributed by atoms with E-state index in [1.165, 1.54) is 18.2 Å². The van der Waals surface area contributed by atoms with Gasteiger partial charge in [-0.25, -0.2) is 13.2 Å². The largest absolute Gasteiger partial charge is 0.486 e. The second kappa shape index (κ2) is 8.14. The zero-order valence-corrected chi connectivity index (χ0v) is 18.1. The third-order valence-electron chi connectivity index (χ3n) is 5.41. The molecule has 0 amide bonds. The van der Waals surface area contributed by atoms with E-state index < -0.39 is 16.0 Å². The summed E-state index contributed by atoms with van der Waals surface area (Å²) in [6.07, 6.45) is 0. The van der Waals surface area contributed by atoms with Crippen molar-refractivity contribution in [2.45, 2.75) is 4.90 Å². The van der Waals surface area contributed by atoms with Crippen LogP contribution >= 0.6 is 0 Å². The van der Waals surface area contributed by atoms with Gasteiger partial charge in [0.1, 0.15) is 13.2 Å². The van der Waals surface area contributed by atoms with Gasteiger partial charge in [-0.05, 0) is 46.8 Å². The van der Waals surface area contributed by atoms with Crippen LogP contribution in [0.5, 0.6) is 11.5 Å². The van der Waals surface area contributed by atoms with E-state index in [1.54, 1.807) is 30.3 Å². The maximum atomic E-state index is 13.1. The van der Waals surface area contributed by atoms with Gasteiger partial charge in [0, 0.05) is 11.5 Å². The smallest absolute Gasteiger partial charge is 0.335 e. The van der Waals surface area contributed by atoms with Crippen molar-refractivity contribution in [2.24, 2.45) is 0 Å². The molecule has 0 aliphatic carbocycles. The van der Waals surface area contributed by atoms with Crippen molar-refractivity contribution < 1.29 is 27.8 Å². The minimum atomic E-state index is -3.90. The molecule has 0 radical (unpaired) electrons. The molecule has 0 bridgehead atoms. The number of sulfonamides is 1. The fourth-order valence-electron chi connectivity index (χ4n) is 3.85. The third kappa shape index (κ3) is 3.96. The van der Waals surface area contributed by atoms with Gasteiger partial charge in [0.2, 0.25) is 0 Å². The molecular formula is C25H19NO6S. The molecule has 0 aromatic heterocycles. The fraction of sp³-hybridized carbons (Fsp3) is 0.0800. The van der Waals surface area contributed by atoms with Crippen molar-refractivity contribution in [1.29, 1.82) is 0 Å². The van der Waals surface area contributed by atoms with E-state index in [-0.39, 0.29) is 10.5 Å². The van der Waals surface area contributed by atoms with Crippen molar-refractivity contribution in [3.8, 4) is 22.6 Å². The first-order valence-corrected chi connectivity index (χ1v) is 11.7. The minimum absolute atomic E-state index is 0.0640. The molecule has 1 aliphatic heterocycles. The molecule has 4 aromatic carbocycles. The predicted octanol–water partition coefficient (Wildman–Crippen LogP) is 4.78. The molecule has 0 fully saturated rings. The Morgan fingerprint density at radius 2 is 1.58 bits per heavy atom. The third-order valence-corrected chi connectivity index (χ3v) is 6.78. The van der Waals surface area contributed by atoms with Gasteiger partial charge in [0.05, 0.1) is 16.1 Å². The Morgan fingerprint density at radius 1 is 0.818 bits per heavy atom. The van der Waals surface area contributed by atoms with Crippen molar-refractivity contribution in [3.05, 3.63) is 84.4 Å². The quantitative estimate of drug-likeness (QED) is 0.444. The maximum absolute atomic E-state index is 13.1. The van der Waals surface area contributed by atoms with Gasteiger partial charge < -0.3 is 14.6 Å². The van der Waals surface area contributed by atoms with Crippen LogP contribution in [0.2, 0.25) is 0 Å². The molecule has 1 aliphatic rings. The molecule has 0 saturated heterocycles. The highest BCUT2D eigenvalue weighted by atomic mass is 32.2. The predicted molar refractivity (Wildman–Crippen MR) is 125 cm³/mol. The molecule has 8 heteroatoms. The summed E-state index contributed by atoms with van der Waals surface area (Å²) in [6, 6.07) is 22.0. The van der Waals surface area contributed by atoms with Gasteiger partial charge in [-0.15, -0.1) is 0 Å². The summed E-state index contributed by atoms with van der Waals surface area (Å²) < 4.78 is 39.9. The van der Waals surface area contributed by atoms with Gasteiger partial charge in [-0.2, -0.15) is 0 Å². The number of anilines is 1. The molecule has 0 spiro atoms. The number of nitrogens with one attached hydrogen (secondary N) is 1. The average molecular weight is 461 g/mol. The molecule has 2 N–H and O–H groups in total.